The summed E-state index contributed by atoms with van der Waals surface area (Å²) in [5.41, 5.74) is 6.20. The molecule has 2 fully saturated rings. The first-order valence-corrected chi connectivity index (χ1v) is 10.0. The molecule has 4 rings (SSSR count). The summed E-state index contributed by atoms with van der Waals surface area (Å²) in [6.07, 6.45) is 0.648. The van der Waals surface area contributed by atoms with Gasteiger partial charge in [0, 0.05) is 44.5 Å². The van der Waals surface area contributed by atoms with Gasteiger partial charge in [0.2, 0.25) is 5.91 Å². The summed E-state index contributed by atoms with van der Waals surface area (Å²) in [4.78, 5) is 25.9. The van der Waals surface area contributed by atoms with E-state index in [1.54, 1.807) is 6.07 Å². The summed E-state index contributed by atoms with van der Waals surface area (Å²) < 4.78 is 11.4. The highest BCUT2D eigenvalue weighted by Crippen LogP contribution is 2.60. The maximum Gasteiger partial charge on any atom is 0.526 e. The quantitative estimate of drug-likeness (QED) is 0.442. The molecule has 2 aliphatic heterocycles. The molecule has 1 aromatic carbocycles. The van der Waals surface area contributed by atoms with Gasteiger partial charge in [-0.05, 0) is 24.0 Å². The van der Waals surface area contributed by atoms with Crippen molar-refractivity contribution in [2.24, 2.45) is 11.7 Å². The van der Waals surface area contributed by atoms with Crippen LogP contribution in [0.1, 0.15) is 35.2 Å². The Morgan fingerprint density at radius 1 is 1.45 bits per heavy atom. The summed E-state index contributed by atoms with van der Waals surface area (Å²) in [6.45, 7) is 4.55. The molecule has 2 heterocycles. The van der Waals surface area contributed by atoms with E-state index in [9.17, 15) is 19.7 Å². The number of carboxylic acids is 1. The average Bonchev–Trinajstić information content (AvgIpc) is 3.45. The van der Waals surface area contributed by atoms with Crippen LogP contribution >= 0.6 is 0 Å². The summed E-state index contributed by atoms with van der Waals surface area (Å²) in [5, 5.41) is 22.5. The lowest BCUT2D eigenvalue weighted by molar-refractivity contribution is -0.125. The highest BCUT2D eigenvalue weighted by Gasteiger charge is 2.54. The van der Waals surface area contributed by atoms with Gasteiger partial charge >= 0.3 is 13.1 Å². The topological polar surface area (TPSA) is 134 Å². The van der Waals surface area contributed by atoms with Gasteiger partial charge in [0.15, 0.2) is 0 Å². The van der Waals surface area contributed by atoms with Crippen molar-refractivity contribution >= 4 is 19.0 Å². The van der Waals surface area contributed by atoms with Gasteiger partial charge in [0.25, 0.3) is 0 Å². The van der Waals surface area contributed by atoms with Gasteiger partial charge in [-0.2, -0.15) is 0 Å². The van der Waals surface area contributed by atoms with Crippen LogP contribution in [0.2, 0.25) is 5.82 Å². The van der Waals surface area contributed by atoms with E-state index in [1.165, 1.54) is 0 Å². The Morgan fingerprint density at radius 3 is 2.90 bits per heavy atom. The molecule has 0 spiro atoms. The van der Waals surface area contributed by atoms with Gasteiger partial charge in [-0.1, -0.05) is 13.0 Å². The fourth-order valence-electron chi connectivity index (χ4n) is 4.16. The number of hydrogen-bond donors (Lipinski definition) is 4. The Kier molecular flexibility index (Phi) is 5.41. The minimum atomic E-state index is -1.13. The molecule has 3 atom stereocenters. The van der Waals surface area contributed by atoms with Crippen molar-refractivity contribution in [1.82, 2.24) is 10.2 Å². The van der Waals surface area contributed by atoms with Crippen LogP contribution in [0, 0.1) is 5.92 Å². The monoisotopic (exact) mass is 403 g/mol. The molecule has 5 N–H and O–H groups in total. The van der Waals surface area contributed by atoms with Gasteiger partial charge in [-0.25, -0.2) is 4.79 Å². The zero-order valence-electron chi connectivity index (χ0n) is 16.3. The Labute approximate surface area is 169 Å². The largest absolute Gasteiger partial charge is 0.535 e. The minimum Gasteiger partial charge on any atom is -0.535 e. The summed E-state index contributed by atoms with van der Waals surface area (Å²) in [5.74, 6) is -0.640. The van der Waals surface area contributed by atoms with Crippen molar-refractivity contribution in [2.75, 3.05) is 32.7 Å². The third-order valence-electron chi connectivity index (χ3n) is 5.85. The molecule has 0 radical (unpaired) electrons. The first-order valence-electron chi connectivity index (χ1n) is 10.0. The standard InChI is InChI=1S/C19H26BN3O6/c1-10(18(24)22-5-4-21)7-23-8-11(9-23)28-15-3-2-12-13-6-14(13)20(27)29-17(12)16(15)19(25)26/h2-3,10-11,13-14,27H,4-9,21H2,1H3,(H,22,24)(H,25,26)/t10-,13+,14+/m0/s1. The van der Waals surface area contributed by atoms with E-state index < -0.39 is 13.1 Å². The van der Waals surface area contributed by atoms with E-state index in [2.05, 4.69) is 10.2 Å². The molecule has 29 heavy (non-hydrogen) atoms. The number of hydrogen-bond acceptors (Lipinski definition) is 7. The van der Waals surface area contributed by atoms with Crippen LogP contribution in [0.15, 0.2) is 12.1 Å². The third-order valence-corrected chi connectivity index (χ3v) is 5.85. The number of aromatic carboxylic acids is 1. The molecule has 1 saturated heterocycles. The van der Waals surface area contributed by atoms with Gasteiger partial charge in [-0.15, -0.1) is 0 Å². The van der Waals surface area contributed by atoms with Crippen LogP contribution in [-0.2, 0) is 4.79 Å². The number of nitrogens with zero attached hydrogens (tertiary/aromatic N) is 1. The Balaban J connectivity index is 1.37. The predicted octanol–water partition coefficient (Wildman–Crippen LogP) is -0.111. The highest BCUT2D eigenvalue weighted by atomic mass is 16.5. The first kappa shape index (κ1) is 20.0. The summed E-state index contributed by atoms with van der Waals surface area (Å²) >= 11 is 0. The smallest absolute Gasteiger partial charge is 0.526 e. The van der Waals surface area contributed by atoms with E-state index in [0.717, 1.165) is 12.0 Å². The molecular formula is C19H26BN3O6. The average molecular weight is 403 g/mol. The van der Waals surface area contributed by atoms with E-state index >= 15 is 0 Å². The number of nitrogens with one attached hydrogen (secondary N) is 1. The number of ether oxygens (including phenoxy) is 1. The molecule has 156 valence electrons. The zero-order valence-corrected chi connectivity index (χ0v) is 16.3. The van der Waals surface area contributed by atoms with Gasteiger partial charge in [0.1, 0.15) is 23.2 Å². The molecule has 1 aliphatic carbocycles. The summed E-state index contributed by atoms with van der Waals surface area (Å²) in [6, 6.07) is 3.53. The lowest BCUT2D eigenvalue weighted by atomic mass is 9.77. The van der Waals surface area contributed by atoms with E-state index in [1.807, 2.05) is 13.0 Å². The summed E-state index contributed by atoms with van der Waals surface area (Å²) in [7, 11) is -0.966. The molecule has 9 nitrogen and oxygen atoms in total. The number of nitrogens with two attached hydrogens (primary N) is 1. The number of carbonyl (C=O) groups excluding carboxylic acids is 1. The number of amides is 1. The van der Waals surface area contributed by atoms with E-state index in [4.69, 9.17) is 15.1 Å². The second-order valence-electron chi connectivity index (χ2n) is 8.12. The molecule has 1 saturated carbocycles. The molecule has 0 aromatic heterocycles. The number of carbonyl (C=O) groups is 2. The highest BCUT2D eigenvalue weighted by molar-refractivity contribution is 6.48. The molecule has 3 aliphatic rings. The zero-order chi connectivity index (χ0) is 20.7. The lowest BCUT2D eigenvalue weighted by Crippen LogP contribution is -2.56. The normalized spacial score (nSPS) is 23.9. The van der Waals surface area contributed by atoms with Crippen molar-refractivity contribution in [3.05, 3.63) is 23.3 Å². The predicted molar refractivity (Wildman–Crippen MR) is 105 cm³/mol. The Hall–Kier alpha value is -2.30. The van der Waals surface area contributed by atoms with Crippen LogP contribution in [0.25, 0.3) is 0 Å². The van der Waals surface area contributed by atoms with Gasteiger partial charge < -0.3 is 30.6 Å². The number of fused-ring (bicyclic) bond motifs is 3. The number of benzene rings is 1. The Morgan fingerprint density at radius 2 is 2.21 bits per heavy atom. The number of likely N-dealkylation sites (tertiary alicyclic amines) is 1. The number of rotatable bonds is 8. The van der Waals surface area contributed by atoms with Crippen molar-refractivity contribution in [1.29, 1.82) is 0 Å². The maximum absolute atomic E-state index is 11.9. The fourth-order valence-corrected chi connectivity index (χ4v) is 4.16. The Bertz CT molecular complexity index is 815. The molecule has 1 aromatic rings. The first-order chi connectivity index (χ1) is 13.9. The lowest BCUT2D eigenvalue weighted by Gasteiger charge is -2.40. The van der Waals surface area contributed by atoms with Crippen LogP contribution in [0.4, 0.5) is 0 Å². The van der Waals surface area contributed by atoms with E-state index in [-0.39, 0.29) is 46.7 Å². The minimum absolute atomic E-state index is 0.0279. The van der Waals surface area contributed by atoms with Crippen molar-refractivity contribution in [3.8, 4) is 11.5 Å². The second kappa shape index (κ2) is 7.85. The molecule has 10 heteroatoms. The SMILES string of the molecule is C[C@@H](CN1CC(Oc2ccc3c(c2C(=O)O)OB(O)[C@@H]2C[C@H]32)C1)C(=O)NCCN. The van der Waals surface area contributed by atoms with Crippen molar-refractivity contribution in [2.45, 2.75) is 31.2 Å². The molecule has 0 bridgehead atoms. The number of carboxylic acid groups (broad SMARTS) is 1. The maximum atomic E-state index is 11.9. The van der Waals surface area contributed by atoms with Crippen LogP contribution < -0.4 is 20.4 Å². The van der Waals surface area contributed by atoms with Crippen molar-refractivity contribution < 1.29 is 29.1 Å². The molecule has 0 unspecified atom stereocenters. The van der Waals surface area contributed by atoms with Crippen LogP contribution in [-0.4, -0.2) is 72.9 Å². The van der Waals surface area contributed by atoms with Gasteiger partial charge in [-0.3, -0.25) is 9.69 Å². The van der Waals surface area contributed by atoms with E-state index in [0.29, 0.717) is 32.7 Å². The fraction of sp³-hybridized carbons (Fsp3) is 0.579. The molecule has 1 amide bonds. The second-order valence-corrected chi connectivity index (χ2v) is 8.12. The third kappa shape index (κ3) is 3.92. The molecular weight excluding hydrogens is 377 g/mol. The van der Waals surface area contributed by atoms with Crippen LogP contribution in [0.3, 0.4) is 0 Å². The van der Waals surface area contributed by atoms with Crippen LogP contribution in [0.5, 0.6) is 11.5 Å². The van der Waals surface area contributed by atoms with Crippen molar-refractivity contribution in [3.63, 3.8) is 0 Å². The van der Waals surface area contributed by atoms with Gasteiger partial charge in [0.05, 0.1) is 0 Å².